The zero-order valence-corrected chi connectivity index (χ0v) is 7.27. The molecule has 0 aromatic heterocycles. The van der Waals surface area contributed by atoms with Gasteiger partial charge in [0.2, 0.25) is 5.91 Å². The van der Waals surface area contributed by atoms with E-state index in [2.05, 4.69) is 5.32 Å². The molecule has 0 saturated heterocycles. The highest BCUT2D eigenvalue weighted by atomic mass is 16.3. The maximum Gasteiger partial charge on any atom is 0.250 e. The van der Waals surface area contributed by atoms with Crippen molar-refractivity contribution in [1.29, 1.82) is 0 Å². The number of aromatic hydroxyl groups is 2. The van der Waals surface area contributed by atoms with Crippen molar-refractivity contribution in [3.05, 3.63) is 29.5 Å². The summed E-state index contributed by atoms with van der Waals surface area (Å²) in [5.41, 5.74) is 1.37. The summed E-state index contributed by atoms with van der Waals surface area (Å²) in [6.07, 6.45) is 3.17. The fourth-order valence-electron chi connectivity index (χ4n) is 1.35. The smallest absolute Gasteiger partial charge is 0.250 e. The first-order chi connectivity index (χ1) is 6.66. The molecular weight excluding hydrogens is 182 g/mol. The van der Waals surface area contributed by atoms with Gasteiger partial charge in [-0.3, -0.25) is 4.79 Å². The van der Waals surface area contributed by atoms with Gasteiger partial charge in [-0.05, 0) is 29.3 Å². The minimum atomic E-state index is -0.259. The lowest BCUT2D eigenvalue weighted by Gasteiger charge is -2.04. The second-order valence-corrected chi connectivity index (χ2v) is 3.06. The Bertz CT molecular complexity index is 424. The Labute approximate surface area is 80.5 Å². The molecule has 0 atom stereocenters. The van der Waals surface area contributed by atoms with Crippen LogP contribution in [0.3, 0.4) is 0 Å². The second-order valence-electron chi connectivity index (χ2n) is 3.06. The van der Waals surface area contributed by atoms with Gasteiger partial charge in [-0.25, -0.2) is 5.32 Å². The zero-order chi connectivity index (χ0) is 10.1. The highest BCUT2D eigenvalue weighted by Crippen LogP contribution is 2.29. The summed E-state index contributed by atoms with van der Waals surface area (Å²) in [6, 6.07) is 2.79. The summed E-state index contributed by atoms with van der Waals surface area (Å²) < 4.78 is 0. The predicted octanol–water partition coefficient (Wildman–Crippen LogP) is 0.756. The molecule has 0 aliphatic carbocycles. The van der Waals surface area contributed by atoms with E-state index in [4.69, 9.17) is 0 Å². The molecule has 1 amide bonds. The molecule has 0 fully saturated rings. The maximum atomic E-state index is 11.1. The van der Waals surface area contributed by atoms with Crippen molar-refractivity contribution in [2.24, 2.45) is 0 Å². The Kier molecular flexibility index (Phi) is 1.89. The molecular formula is C10H8NO3. The normalized spacial score (nSPS) is 14.4. The van der Waals surface area contributed by atoms with Crippen molar-refractivity contribution in [2.45, 2.75) is 6.42 Å². The summed E-state index contributed by atoms with van der Waals surface area (Å²) in [5.74, 6) is -0.667. The molecule has 0 spiro atoms. The second kappa shape index (κ2) is 3.06. The van der Waals surface area contributed by atoms with Gasteiger partial charge in [0.1, 0.15) is 0 Å². The largest absolute Gasteiger partial charge is 0.504 e. The summed E-state index contributed by atoms with van der Waals surface area (Å²) in [4.78, 5) is 11.1. The first-order valence-electron chi connectivity index (χ1n) is 4.12. The number of hydrogen-bond acceptors (Lipinski definition) is 3. The highest BCUT2D eigenvalue weighted by molar-refractivity contribution is 5.83. The summed E-state index contributed by atoms with van der Waals surface area (Å²) in [7, 11) is 0. The number of rotatable bonds is 0. The van der Waals surface area contributed by atoms with Crippen LogP contribution in [0.2, 0.25) is 0 Å². The van der Waals surface area contributed by atoms with Crippen LogP contribution in [-0.4, -0.2) is 16.1 Å². The lowest BCUT2D eigenvalue weighted by atomic mass is 10.0. The van der Waals surface area contributed by atoms with Gasteiger partial charge in [0.15, 0.2) is 11.5 Å². The van der Waals surface area contributed by atoms with Gasteiger partial charge in [-0.15, -0.1) is 0 Å². The summed E-state index contributed by atoms with van der Waals surface area (Å²) in [5, 5.41) is 22.1. The number of amides is 1. The number of fused-ring (bicyclic) bond motifs is 1. The van der Waals surface area contributed by atoms with E-state index in [0.29, 0.717) is 11.1 Å². The Morgan fingerprint density at radius 2 is 1.93 bits per heavy atom. The Balaban J connectivity index is 2.55. The SMILES string of the molecule is O=C1Cc2cc(O)c(O)cc2C=C[N]1. The monoisotopic (exact) mass is 190 g/mol. The molecule has 2 N–H and O–H groups in total. The molecule has 1 aliphatic heterocycles. The minimum Gasteiger partial charge on any atom is -0.504 e. The standard InChI is InChI=1S/C10H8NO3/c12-8-3-6-1-2-11-10(14)5-7(6)4-9(8)13/h1-4,12-13H,5H2. The highest BCUT2D eigenvalue weighted by Gasteiger charge is 2.13. The van der Waals surface area contributed by atoms with Crippen LogP contribution in [0.25, 0.3) is 6.08 Å². The Morgan fingerprint density at radius 3 is 2.71 bits per heavy atom. The van der Waals surface area contributed by atoms with E-state index < -0.39 is 0 Å². The lowest BCUT2D eigenvalue weighted by molar-refractivity contribution is -0.119. The maximum absolute atomic E-state index is 11.1. The van der Waals surface area contributed by atoms with E-state index in [0.717, 1.165) is 0 Å². The van der Waals surface area contributed by atoms with Gasteiger partial charge in [-0.1, -0.05) is 0 Å². The number of benzene rings is 1. The molecule has 1 heterocycles. The van der Waals surface area contributed by atoms with Gasteiger partial charge in [0.25, 0.3) is 0 Å². The molecule has 4 nitrogen and oxygen atoms in total. The fraction of sp³-hybridized carbons (Fsp3) is 0.100. The van der Waals surface area contributed by atoms with Gasteiger partial charge < -0.3 is 10.2 Å². The van der Waals surface area contributed by atoms with E-state index in [-0.39, 0.29) is 23.8 Å². The molecule has 0 unspecified atom stereocenters. The van der Waals surface area contributed by atoms with E-state index in [1.807, 2.05) is 0 Å². The van der Waals surface area contributed by atoms with Gasteiger partial charge >= 0.3 is 0 Å². The molecule has 0 saturated carbocycles. The molecule has 2 rings (SSSR count). The van der Waals surface area contributed by atoms with E-state index in [1.165, 1.54) is 18.3 Å². The van der Waals surface area contributed by atoms with Crippen molar-refractivity contribution in [3.8, 4) is 11.5 Å². The van der Waals surface area contributed by atoms with Crippen LogP contribution >= 0.6 is 0 Å². The third kappa shape index (κ3) is 1.42. The third-order valence-electron chi connectivity index (χ3n) is 2.05. The van der Waals surface area contributed by atoms with Crippen molar-refractivity contribution in [2.75, 3.05) is 0 Å². The molecule has 1 aliphatic rings. The number of hydrogen-bond donors (Lipinski definition) is 2. The number of phenolic OH excluding ortho intramolecular Hbond substituents is 2. The molecule has 14 heavy (non-hydrogen) atoms. The van der Waals surface area contributed by atoms with Crippen LogP contribution in [-0.2, 0) is 11.2 Å². The van der Waals surface area contributed by atoms with Crippen LogP contribution in [0.5, 0.6) is 11.5 Å². The number of carbonyl (C=O) groups excluding carboxylic acids is 1. The Hall–Kier alpha value is -1.97. The van der Waals surface area contributed by atoms with Crippen LogP contribution in [0.4, 0.5) is 0 Å². The molecule has 71 valence electrons. The molecule has 1 aromatic rings. The molecule has 0 bridgehead atoms. The number of nitrogens with zero attached hydrogens (tertiary/aromatic N) is 1. The van der Waals surface area contributed by atoms with Gasteiger partial charge in [0, 0.05) is 6.20 Å². The molecule has 1 aromatic carbocycles. The van der Waals surface area contributed by atoms with Crippen LogP contribution in [0.15, 0.2) is 18.3 Å². The zero-order valence-electron chi connectivity index (χ0n) is 7.27. The topological polar surface area (TPSA) is 71.6 Å². The van der Waals surface area contributed by atoms with Crippen LogP contribution < -0.4 is 5.32 Å². The fourth-order valence-corrected chi connectivity index (χ4v) is 1.35. The predicted molar refractivity (Wildman–Crippen MR) is 49.7 cm³/mol. The summed E-state index contributed by atoms with van der Waals surface area (Å²) in [6.45, 7) is 0. The van der Waals surface area contributed by atoms with Crippen LogP contribution in [0.1, 0.15) is 11.1 Å². The first-order valence-corrected chi connectivity index (χ1v) is 4.12. The first kappa shape index (κ1) is 8.62. The van der Waals surface area contributed by atoms with E-state index in [9.17, 15) is 15.0 Å². The molecule has 4 heteroatoms. The number of phenols is 2. The van der Waals surface area contributed by atoms with Crippen molar-refractivity contribution in [1.82, 2.24) is 5.32 Å². The van der Waals surface area contributed by atoms with Gasteiger partial charge in [-0.2, -0.15) is 0 Å². The van der Waals surface area contributed by atoms with Crippen molar-refractivity contribution >= 4 is 12.0 Å². The molecule has 1 radical (unpaired) electrons. The third-order valence-corrected chi connectivity index (χ3v) is 2.05. The van der Waals surface area contributed by atoms with Crippen LogP contribution in [0, 0.1) is 0 Å². The average molecular weight is 190 g/mol. The van der Waals surface area contributed by atoms with Crippen molar-refractivity contribution in [3.63, 3.8) is 0 Å². The van der Waals surface area contributed by atoms with E-state index >= 15 is 0 Å². The quantitative estimate of drug-likeness (QED) is 0.593. The van der Waals surface area contributed by atoms with Crippen molar-refractivity contribution < 1.29 is 15.0 Å². The van der Waals surface area contributed by atoms with Gasteiger partial charge in [0.05, 0.1) is 6.42 Å². The minimum absolute atomic E-state index is 0.149. The Morgan fingerprint density at radius 1 is 1.21 bits per heavy atom. The average Bonchev–Trinajstić information content (AvgIpc) is 2.28. The lowest BCUT2D eigenvalue weighted by Crippen LogP contribution is -2.10. The number of carbonyl (C=O) groups is 1. The summed E-state index contributed by atoms with van der Waals surface area (Å²) >= 11 is 0. The van der Waals surface area contributed by atoms with E-state index in [1.54, 1.807) is 6.08 Å².